The molecule has 5 nitrogen and oxygen atoms in total. The molecular formula is C14H19N3O2S. The molecule has 0 spiro atoms. The normalized spacial score (nSPS) is 16.9. The van der Waals surface area contributed by atoms with Crippen LogP contribution in [0.2, 0.25) is 0 Å². The Morgan fingerprint density at radius 1 is 1.35 bits per heavy atom. The lowest BCUT2D eigenvalue weighted by molar-refractivity contribution is -0.117. The number of anilines is 1. The molecule has 1 amide bonds. The summed E-state index contributed by atoms with van der Waals surface area (Å²) in [6, 6.07) is 7.14. The van der Waals surface area contributed by atoms with Crippen LogP contribution >= 0.6 is 12.2 Å². The van der Waals surface area contributed by atoms with Crippen molar-refractivity contribution in [2.75, 3.05) is 25.0 Å². The van der Waals surface area contributed by atoms with Crippen LogP contribution in [0.15, 0.2) is 24.3 Å². The first kappa shape index (κ1) is 14.9. The van der Waals surface area contributed by atoms with E-state index in [9.17, 15) is 9.90 Å². The zero-order chi connectivity index (χ0) is 14.5. The first-order valence-corrected chi connectivity index (χ1v) is 7.05. The molecular weight excluding hydrogens is 274 g/mol. The van der Waals surface area contributed by atoms with E-state index in [4.69, 9.17) is 18.0 Å². The molecule has 0 saturated carbocycles. The summed E-state index contributed by atoms with van der Waals surface area (Å²) in [6.07, 6.45) is 1.24. The van der Waals surface area contributed by atoms with Gasteiger partial charge in [0.25, 0.3) is 0 Å². The van der Waals surface area contributed by atoms with Crippen LogP contribution in [0.1, 0.15) is 18.4 Å². The van der Waals surface area contributed by atoms with E-state index in [1.54, 1.807) is 24.3 Å². The highest BCUT2D eigenvalue weighted by Gasteiger charge is 2.18. The number of nitrogens with one attached hydrogen (secondary N) is 1. The molecule has 108 valence electrons. The number of aliphatic hydroxyl groups excluding tert-OH is 1. The minimum atomic E-state index is -0.220. The van der Waals surface area contributed by atoms with Crippen molar-refractivity contribution in [3.05, 3.63) is 29.8 Å². The average Bonchev–Trinajstić information content (AvgIpc) is 2.42. The maximum absolute atomic E-state index is 11.9. The van der Waals surface area contributed by atoms with Gasteiger partial charge < -0.3 is 16.2 Å². The summed E-state index contributed by atoms with van der Waals surface area (Å²) >= 11 is 4.87. The van der Waals surface area contributed by atoms with Crippen LogP contribution in [0, 0.1) is 0 Å². The van der Waals surface area contributed by atoms with Gasteiger partial charge in [0.2, 0.25) is 5.91 Å². The van der Waals surface area contributed by atoms with Crippen molar-refractivity contribution in [1.82, 2.24) is 4.90 Å². The third-order valence-electron chi connectivity index (χ3n) is 3.38. The van der Waals surface area contributed by atoms with Gasteiger partial charge in [-0.1, -0.05) is 12.2 Å². The summed E-state index contributed by atoms with van der Waals surface area (Å²) in [5.41, 5.74) is 7.03. The molecule has 0 aliphatic carbocycles. The first-order chi connectivity index (χ1) is 9.54. The fraction of sp³-hybridized carbons (Fsp3) is 0.429. The maximum Gasteiger partial charge on any atom is 0.238 e. The molecule has 1 aliphatic heterocycles. The number of benzene rings is 1. The summed E-state index contributed by atoms with van der Waals surface area (Å²) in [4.78, 5) is 14.3. The number of likely N-dealkylation sites (tertiary alicyclic amines) is 1. The highest BCUT2D eigenvalue weighted by Crippen LogP contribution is 2.12. The number of thiocarbonyl (C=S) groups is 1. The van der Waals surface area contributed by atoms with Gasteiger partial charge in [-0.05, 0) is 37.1 Å². The second-order valence-corrected chi connectivity index (χ2v) is 5.44. The quantitative estimate of drug-likeness (QED) is 0.713. The molecule has 1 saturated heterocycles. The topological polar surface area (TPSA) is 78.6 Å². The molecule has 4 N–H and O–H groups in total. The van der Waals surface area contributed by atoms with Crippen LogP contribution in [-0.4, -0.2) is 46.6 Å². The minimum Gasteiger partial charge on any atom is -0.393 e. The number of hydrogen-bond acceptors (Lipinski definition) is 4. The highest BCUT2D eigenvalue weighted by atomic mass is 32.1. The van der Waals surface area contributed by atoms with Crippen molar-refractivity contribution >= 4 is 28.8 Å². The standard InChI is InChI=1S/C14H19N3O2S/c15-14(20)10-1-3-11(4-2-10)16-13(19)9-17-7-5-12(18)6-8-17/h1-4,12,18H,5-9H2,(H2,15,20)(H,16,19). The molecule has 0 aromatic heterocycles. The number of amides is 1. The molecule has 0 bridgehead atoms. The molecule has 20 heavy (non-hydrogen) atoms. The van der Waals surface area contributed by atoms with Crippen LogP contribution in [0.25, 0.3) is 0 Å². The van der Waals surface area contributed by atoms with E-state index in [1.165, 1.54) is 0 Å². The molecule has 1 aromatic rings. The predicted octanol–water partition coefficient (Wildman–Crippen LogP) is 0.716. The van der Waals surface area contributed by atoms with Crippen molar-refractivity contribution in [3.63, 3.8) is 0 Å². The number of rotatable bonds is 4. The molecule has 0 unspecified atom stereocenters. The Morgan fingerprint density at radius 3 is 2.50 bits per heavy atom. The molecule has 1 heterocycles. The number of hydrogen-bond donors (Lipinski definition) is 3. The Hall–Kier alpha value is -1.50. The fourth-order valence-corrected chi connectivity index (χ4v) is 2.33. The van der Waals surface area contributed by atoms with Gasteiger partial charge in [0, 0.05) is 24.3 Å². The summed E-state index contributed by atoms with van der Waals surface area (Å²) in [5.74, 6) is -0.0514. The Kier molecular flexibility index (Phi) is 5.05. The van der Waals surface area contributed by atoms with E-state index in [2.05, 4.69) is 5.32 Å². The average molecular weight is 293 g/mol. The van der Waals surface area contributed by atoms with Crippen molar-refractivity contribution in [2.24, 2.45) is 5.73 Å². The van der Waals surface area contributed by atoms with E-state index in [0.29, 0.717) is 11.5 Å². The van der Waals surface area contributed by atoms with Gasteiger partial charge in [0.15, 0.2) is 0 Å². The maximum atomic E-state index is 11.9. The van der Waals surface area contributed by atoms with Gasteiger partial charge in [-0.15, -0.1) is 0 Å². The third kappa shape index (κ3) is 4.26. The number of carbonyl (C=O) groups is 1. The highest BCUT2D eigenvalue weighted by molar-refractivity contribution is 7.80. The lowest BCUT2D eigenvalue weighted by Crippen LogP contribution is -2.40. The Morgan fingerprint density at radius 2 is 1.95 bits per heavy atom. The van der Waals surface area contributed by atoms with Gasteiger partial charge in [0.05, 0.1) is 12.6 Å². The SMILES string of the molecule is NC(=S)c1ccc(NC(=O)CN2CCC(O)CC2)cc1. The van der Waals surface area contributed by atoms with E-state index >= 15 is 0 Å². The molecule has 2 rings (SSSR count). The summed E-state index contributed by atoms with van der Waals surface area (Å²) in [5, 5.41) is 12.3. The fourth-order valence-electron chi connectivity index (χ4n) is 2.20. The van der Waals surface area contributed by atoms with E-state index in [1.807, 2.05) is 4.90 Å². The van der Waals surface area contributed by atoms with Crippen LogP contribution in [0.5, 0.6) is 0 Å². The van der Waals surface area contributed by atoms with Gasteiger partial charge in [0.1, 0.15) is 4.99 Å². The summed E-state index contributed by atoms with van der Waals surface area (Å²) in [7, 11) is 0. The Labute approximate surface area is 123 Å². The Bertz CT molecular complexity index is 482. The largest absolute Gasteiger partial charge is 0.393 e. The van der Waals surface area contributed by atoms with Crippen molar-refractivity contribution in [2.45, 2.75) is 18.9 Å². The first-order valence-electron chi connectivity index (χ1n) is 6.65. The lowest BCUT2D eigenvalue weighted by Gasteiger charge is -2.28. The van der Waals surface area contributed by atoms with Gasteiger partial charge in [-0.25, -0.2) is 0 Å². The van der Waals surface area contributed by atoms with E-state index < -0.39 is 0 Å². The number of piperidine rings is 1. The van der Waals surface area contributed by atoms with Crippen LogP contribution in [-0.2, 0) is 4.79 Å². The summed E-state index contributed by atoms with van der Waals surface area (Å²) in [6.45, 7) is 1.87. The second kappa shape index (κ2) is 6.78. The lowest BCUT2D eigenvalue weighted by atomic mass is 10.1. The summed E-state index contributed by atoms with van der Waals surface area (Å²) < 4.78 is 0. The second-order valence-electron chi connectivity index (χ2n) is 5.00. The molecule has 6 heteroatoms. The van der Waals surface area contributed by atoms with Gasteiger partial charge in [-0.2, -0.15) is 0 Å². The van der Waals surface area contributed by atoms with Gasteiger partial charge in [-0.3, -0.25) is 9.69 Å². The van der Waals surface area contributed by atoms with Crippen LogP contribution in [0.3, 0.4) is 0 Å². The molecule has 1 aromatic carbocycles. The monoisotopic (exact) mass is 293 g/mol. The van der Waals surface area contributed by atoms with Crippen molar-refractivity contribution in [3.8, 4) is 0 Å². The van der Waals surface area contributed by atoms with Crippen LogP contribution < -0.4 is 11.1 Å². The van der Waals surface area contributed by atoms with Crippen LogP contribution in [0.4, 0.5) is 5.69 Å². The van der Waals surface area contributed by atoms with Crippen molar-refractivity contribution < 1.29 is 9.90 Å². The number of nitrogens with two attached hydrogens (primary N) is 1. The van der Waals surface area contributed by atoms with E-state index in [-0.39, 0.29) is 12.0 Å². The molecule has 1 aliphatic rings. The van der Waals surface area contributed by atoms with Gasteiger partial charge >= 0.3 is 0 Å². The zero-order valence-corrected chi connectivity index (χ0v) is 12.0. The third-order valence-corrected chi connectivity index (χ3v) is 3.61. The molecule has 1 fully saturated rings. The predicted molar refractivity (Wildman–Crippen MR) is 82.6 cm³/mol. The number of nitrogens with zero attached hydrogens (tertiary/aromatic N) is 1. The van der Waals surface area contributed by atoms with E-state index in [0.717, 1.165) is 37.2 Å². The molecule has 0 radical (unpaired) electrons. The Balaban J connectivity index is 1.83. The molecule has 0 atom stereocenters. The number of aliphatic hydroxyl groups is 1. The minimum absolute atomic E-state index is 0.0514. The smallest absolute Gasteiger partial charge is 0.238 e. The zero-order valence-electron chi connectivity index (χ0n) is 11.2. The van der Waals surface area contributed by atoms with Crippen molar-refractivity contribution in [1.29, 1.82) is 0 Å². The number of carbonyl (C=O) groups excluding carboxylic acids is 1.